The maximum Gasteiger partial charge on any atom is 0.0398 e. The fourth-order valence-electron chi connectivity index (χ4n) is 2.57. The second-order valence-electron chi connectivity index (χ2n) is 4.95. The second-order valence-corrected chi connectivity index (χ2v) is 4.95. The molecule has 0 spiro atoms. The van der Waals surface area contributed by atoms with E-state index in [1.165, 1.54) is 36.3 Å². The highest BCUT2D eigenvalue weighted by molar-refractivity contribution is 5.55. The van der Waals surface area contributed by atoms with Crippen LogP contribution in [0, 0.1) is 19.8 Å². The fraction of sp³-hybridized carbons (Fsp3) is 0.571. The molecule has 1 atom stereocenters. The Balaban J connectivity index is 2.11. The molecule has 0 amide bonds. The van der Waals surface area contributed by atoms with Crippen LogP contribution in [0.1, 0.15) is 17.5 Å². The normalized spacial score (nSPS) is 20.4. The number of aryl methyl sites for hydroxylation is 2. The number of benzene rings is 1. The van der Waals surface area contributed by atoms with E-state index < -0.39 is 0 Å². The summed E-state index contributed by atoms with van der Waals surface area (Å²) >= 11 is 0. The smallest absolute Gasteiger partial charge is 0.0398 e. The van der Waals surface area contributed by atoms with Crippen LogP contribution < -0.4 is 10.2 Å². The Kier molecular flexibility index (Phi) is 3.49. The average Bonchev–Trinajstić information content (AvgIpc) is 2.71. The van der Waals surface area contributed by atoms with E-state index in [4.69, 9.17) is 0 Å². The van der Waals surface area contributed by atoms with Gasteiger partial charge in [0.05, 0.1) is 0 Å². The molecule has 1 heterocycles. The first kappa shape index (κ1) is 11.5. The minimum atomic E-state index is 0.810. The number of rotatable bonds is 3. The van der Waals surface area contributed by atoms with E-state index in [-0.39, 0.29) is 0 Å². The van der Waals surface area contributed by atoms with Gasteiger partial charge in [-0.25, -0.2) is 0 Å². The van der Waals surface area contributed by atoms with Gasteiger partial charge in [-0.15, -0.1) is 0 Å². The van der Waals surface area contributed by atoms with Crippen molar-refractivity contribution in [1.29, 1.82) is 0 Å². The molecule has 1 aromatic carbocycles. The van der Waals surface area contributed by atoms with Crippen molar-refractivity contribution in [2.24, 2.45) is 5.92 Å². The van der Waals surface area contributed by atoms with Crippen LogP contribution in [0.2, 0.25) is 0 Å². The van der Waals surface area contributed by atoms with Crippen molar-refractivity contribution >= 4 is 5.69 Å². The molecule has 2 nitrogen and oxygen atoms in total. The summed E-state index contributed by atoms with van der Waals surface area (Å²) in [6, 6.07) is 6.74. The van der Waals surface area contributed by atoms with E-state index in [0.29, 0.717) is 0 Å². The molecule has 0 aromatic heterocycles. The van der Waals surface area contributed by atoms with E-state index in [1.54, 1.807) is 0 Å². The lowest BCUT2D eigenvalue weighted by molar-refractivity contribution is 0.549. The van der Waals surface area contributed by atoms with Gasteiger partial charge in [0.25, 0.3) is 0 Å². The van der Waals surface area contributed by atoms with Crippen molar-refractivity contribution in [3.63, 3.8) is 0 Å². The summed E-state index contributed by atoms with van der Waals surface area (Å²) in [5.41, 5.74) is 4.19. The molecule has 2 heteroatoms. The monoisotopic (exact) mass is 218 g/mol. The quantitative estimate of drug-likeness (QED) is 0.838. The van der Waals surface area contributed by atoms with Gasteiger partial charge in [-0.3, -0.25) is 0 Å². The summed E-state index contributed by atoms with van der Waals surface area (Å²) in [5.74, 6) is 0.810. The molecule has 16 heavy (non-hydrogen) atoms. The third-order valence-electron chi connectivity index (χ3n) is 3.48. The highest BCUT2D eigenvalue weighted by atomic mass is 15.2. The van der Waals surface area contributed by atoms with Gasteiger partial charge < -0.3 is 10.2 Å². The van der Waals surface area contributed by atoms with Crippen molar-refractivity contribution in [3.8, 4) is 0 Å². The Morgan fingerprint density at radius 2 is 2.19 bits per heavy atom. The number of hydrogen-bond donors (Lipinski definition) is 1. The Labute approximate surface area is 98.7 Å². The summed E-state index contributed by atoms with van der Waals surface area (Å²) < 4.78 is 0. The minimum Gasteiger partial charge on any atom is -0.371 e. The number of anilines is 1. The van der Waals surface area contributed by atoms with Crippen LogP contribution in [0.3, 0.4) is 0 Å². The van der Waals surface area contributed by atoms with Gasteiger partial charge >= 0.3 is 0 Å². The lowest BCUT2D eigenvalue weighted by atomic mass is 10.1. The first-order chi connectivity index (χ1) is 7.70. The molecule has 0 radical (unpaired) electrons. The molecular weight excluding hydrogens is 196 g/mol. The van der Waals surface area contributed by atoms with Crippen molar-refractivity contribution in [3.05, 3.63) is 29.3 Å². The lowest BCUT2D eigenvalue weighted by Crippen LogP contribution is -2.24. The number of nitrogens with zero attached hydrogens (tertiary/aromatic N) is 1. The van der Waals surface area contributed by atoms with Gasteiger partial charge in [-0.1, -0.05) is 12.1 Å². The molecule has 1 aliphatic rings. The molecule has 1 aliphatic heterocycles. The lowest BCUT2D eigenvalue weighted by Gasteiger charge is -2.21. The highest BCUT2D eigenvalue weighted by Crippen LogP contribution is 2.27. The predicted octanol–water partition coefficient (Wildman–Crippen LogP) is 2.35. The zero-order valence-electron chi connectivity index (χ0n) is 10.6. The Hall–Kier alpha value is -1.02. The molecule has 2 rings (SSSR count). The molecule has 1 unspecified atom stereocenters. The van der Waals surface area contributed by atoms with Crippen molar-refractivity contribution in [2.45, 2.75) is 20.3 Å². The largest absolute Gasteiger partial charge is 0.371 e. The van der Waals surface area contributed by atoms with Crippen LogP contribution in [0.5, 0.6) is 0 Å². The fourth-order valence-corrected chi connectivity index (χ4v) is 2.57. The van der Waals surface area contributed by atoms with E-state index in [2.05, 4.69) is 42.3 Å². The van der Waals surface area contributed by atoms with Gasteiger partial charge in [0.1, 0.15) is 0 Å². The SMILES string of the molecule is CNCC1CCN(c2cc(C)ccc2C)C1. The zero-order valence-corrected chi connectivity index (χ0v) is 10.6. The maximum atomic E-state index is 3.28. The average molecular weight is 218 g/mol. The molecule has 0 bridgehead atoms. The van der Waals surface area contributed by atoms with Crippen LogP contribution in [-0.4, -0.2) is 26.7 Å². The first-order valence-electron chi connectivity index (χ1n) is 6.17. The summed E-state index contributed by atoms with van der Waals surface area (Å²) in [6.07, 6.45) is 1.31. The molecule has 1 fully saturated rings. The third kappa shape index (κ3) is 2.38. The topological polar surface area (TPSA) is 15.3 Å². The third-order valence-corrected chi connectivity index (χ3v) is 3.48. The summed E-state index contributed by atoms with van der Waals surface area (Å²) in [4.78, 5) is 2.53. The first-order valence-corrected chi connectivity index (χ1v) is 6.17. The molecule has 1 aromatic rings. The van der Waals surface area contributed by atoms with Gasteiger partial charge in [-0.05, 0) is 57.0 Å². The Morgan fingerprint density at radius 3 is 2.94 bits per heavy atom. The van der Waals surface area contributed by atoms with Gasteiger partial charge in [0.15, 0.2) is 0 Å². The second kappa shape index (κ2) is 4.88. The van der Waals surface area contributed by atoms with Crippen LogP contribution in [-0.2, 0) is 0 Å². The molecular formula is C14H22N2. The zero-order chi connectivity index (χ0) is 11.5. The summed E-state index contributed by atoms with van der Waals surface area (Å²) in [5, 5.41) is 3.28. The van der Waals surface area contributed by atoms with E-state index >= 15 is 0 Å². The molecule has 0 aliphatic carbocycles. The number of hydrogen-bond acceptors (Lipinski definition) is 2. The van der Waals surface area contributed by atoms with Crippen LogP contribution >= 0.6 is 0 Å². The Bertz CT molecular complexity index is 360. The van der Waals surface area contributed by atoms with E-state index in [1.807, 2.05) is 7.05 Å². The molecule has 1 N–H and O–H groups in total. The standard InChI is InChI=1S/C14H22N2/c1-11-4-5-12(2)14(8-11)16-7-6-13(10-16)9-15-3/h4-5,8,13,15H,6-7,9-10H2,1-3H3. The van der Waals surface area contributed by atoms with Crippen molar-refractivity contribution < 1.29 is 0 Å². The van der Waals surface area contributed by atoms with E-state index in [9.17, 15) is 0 Å². The van der Waals surface area contributed by atoms with Gasteiger partial charge in [0.2, 0.25) is 0 Å². The highest BCUT2D eigenvalue weighted by Gasteiger charge is 2.22. The summed E-state index contributed by atoms with van der Waals surface area (Å²) in [7, 11) is 2.04. The molecule has 0 saturated carbocycles. The Morgan fingerprint density at radius 1 is 1.38 bits per heavy atom. The van der Waals surface area contributed by atoms with Crippen LogP contribution in [0.4, 0.5) is 5.69 Å². The van der Waals surface area contributed by atoms with Gasteiger partial charge in [-0.2, -0.15) is 0 Å². The minimum absolute atomic E-state index is 0.810. The van der Waals surface area contributed by atoms with Crippen LogP contribution in [0.25, 0.3) is 0 Å². The van der Waals surface area contributed by atoms with E-state index in [0.717, 1.165) is 12.5 Å². The predicted molar refractivity (Wildman–Crippen MR) is 70.2 cm³/mol. The van der Waals surface area contributed by atoms with Crippen LogP contribution in [0.15, 0.2) is 18.2 Å². The number of nitrogens with one attached hydrogen (secondary N) is 1. The maximum absolute atomic E-state index is 3.28. The molecule has 88 valence electrons. The molecule has 1 saturated heterocycles. The summed E-state index contributed by atoms with van der Waals surface area (Å²) in [6.45, 7) is 7.92. The van der Waals surface area contributed by atoms with Gasteiger partial charge in [0, 0.05) is 18.8 Å². The van der Waals surface area contributed by atoms with Crippen molar-refractivity contribution in [1.82, 2.24) is 5.32 Å². The van der Waals surface area contributed by atoms with Crippen molar-refractivity contribution in [2.75, 3.05) is 31.6 Å².